The Morgan fingerprint density at radius 3 is 3.08 bits per heavy atom. The largest absolute Gasteiger partial charge is 0.374 e. The molecule has 25 heavy (non-hydrogen) atoms. The van der Waals surface area contributed by atoms with Crippen molar-refractivity contribution in [1.82, 2.24) is 25.1 Å². The molecule has 2 atom stereocenters. The number of halogens is 1. The maximum atomic E-state index is 13.3. The highest BCUT2D eigenvalue weighted by molar-refractivity contribution is 5.76. The first-order valence-corrected chi connectivity index (χ1v) is 8.65. The topological polar surface area (TPSA) is 73.1 Å². The van der Waals surface area contributed by atoms with Gasteiger partial charge in [0, 0.05) is 12.1 Å². The number of morpholine rings is 1. The lowest BCUT2D eigenvalue weighted by atomic mass is 9.90. The Hall–Kier alpha value is -2.35. The molecule has 1 amide bonds. The Labute approximate surface area is 144 Å². The van der Waals surface area contributed by atoms with E-state index in [0.29, 0.717) is 24.5 Å². The van der Waals surface area contributed by atoms with E-state index in [-0.39, 0.29) is 30.4 Å². The van der Waals surface area contributed by atoms with E-state index in [0.717, 1.165) is 25.7 Å². The van der Waals surface area contributed by atoms with Crippen LogP contribution < -0.4 is 0 Å². The molecule has 2 fully saturated rings. The predicted molar refractivity (Wildman–Crippen MR) is 86.9 cm³/mol. The van der Waals surface area contributed by atoms with Crippen LogP contribution in [0.3, 0.4) is 0 Å². The van der Waals surface area contributed by atoms with Crippen LogP contribution >= 0.6 is 0 Å². The summed E-state index contributed by atoms with van der Waals surface area (Å²) in [7, 11) is 0. The summed E-state index contributed by atoms with van der Waals surface area (Å²) in [6, 6.07) is 6.16. The van der Waals surface area contributed by atoms with Crippen LogP contribution in [0.4, 0.5) is 4.39 Å². The van der Waals surface area contributed by atoms with Gasteiger partial charge in [-0.1, -0.05) is 25.0 Å². The number of fused-ring (bicyclic) bond motifs is 1. The van der Waals surface area contributed by atoms with E-state index in [4.69, 9.17) is 4.74 Å². The van der Waals surface area contributed by atoms with Gasteiger partial charge in [-0.2, -0.15) is 4.80 Å². The number of hydrogen-bond donors (Lipinski definition) is 0. The highest BCUT2D eigenvalue weighted by Gasteiger charge is 2.36. The van der Waals surface area contributed by atoms with Crippen LogP contribution in [0.15, 0.2) is 24.3 Å². The molecule has 0 unspecified atom stereocenters. The molecule has 0 bridgehead atoms. The van der Waals surface area contributed by atoms with E-state index in [1.807, 2.05) is 4.90 Å². The fourth-order valence-electron chi connectivity index (χ4n) is 3.67. The minimum atomic E-state index is -0.360. The summed E-state index contributed by atoms with van der Waals surface area (Å²) < 4.78 is 19.1. The normalized spacial score (nSPS) is 23.3. The van der Waals surface area contributed by atoms with Crippen molar-refractivity contribution in [2.75, 3.05) is 13.2 Å². The molecule has 1 aromatic heterocycles. The zero-order chi connectivity index (χ0) is 17.2. The van der Waals surface area contributed by atoms with Crippen LogP contribution in [-0.4, -0.2) is 56.3 Å². The maximum Gasteiger partial charge on any atom is 0.246 e. The molecule has 1 aromatic carbocycles. The number of rotatable bonds is 3. The highest BCUT2D eigenvalue weighted by Crippen LogP contribution is 2.28. The van der Waals surface area contributed by atoms with Gasteiger partial charge in [0.05, 0.1) is 18.8 Å². The van der Waals surface area contributed by atoms with E-state index < -0.39 is 0 Å². The van der Waals surface area contributed by atoms with Gasteiger partial charge in [-0.05, 0) is 30.2 Å². The summed E-state index contributed by atoms with van der Waals surface area (Å²) in [4.78, 5) is 15.9. The molecule has 2 heterocycles. The molecule has 1 saturated carbocycles. The number of tetrazole rings is 1. The number of carbonyl (C=O) groups is 1. The Bertz CT molecular complexity index is 763. The molecular formula is C17H20FN5O2. The molecule has 1 saturated heterocycles. The highest BCUT2D eigenvalue weighted by atomic mass is 19.1. The lowest BCUT2D eigenvalue weighted by molar-refractivity contribution is -0.150. The smallest absolute Gasteiger partial charge is 0.246 e. The Kier molecular flexibility index (Phi) is 4.44. The van der Waals surface area contributed by atoms with Crippen molar-refractivity contribution in [3.63, 3.8) is 0 Å². The molecule has 2 aromatic rings. The second kappa shape index (κ2) is 6.87. The summed E-state index contributed by atoms with van der Waals surface area (Å²) >= 11 is 0. The van der Waals surface area contributed by atoms with Crippen molar-refractivity contribution in [1.29, 1.82) is 0 Å². The number of nitrogens with zero attached hydrogens (tertiary/aromatic N) is 5. The number of carbonyl (C=O) groups excluding carboxylic acids is 1. The van der Waals surface area contributed by atoms with Gasteiger partial charge in [-0.3, -0.25) is 4.79 Å². The van der Waals surface area contributed by atoms with Crippen molar-refractivity contribution in [3.05, 3.63) is 30.1 Å². The van der Waals surface area contributed by atoms with E-state index in [2.05, 4.69) is 15.4 Å². The SMILES string of the molecule is O=C(Cn1nnc(-c2cccc(F)c2)n1)N1CCO[C@@H]2CCCC[C@@H]21. The van der Waals surface area contributed by atoms with Crippen molar-refractivity contribution in [2.24, 2.45) is 0 Å². The van der Waals surface area contributed by atoms with Crippen LogP contribution in [0.25, 0.3) is 11.4 Å². The van der Waals surface area contributed by atoms with E-state index in [1.165, 1.54) is 16.9 Å². The third-order valence-electron chi connectivity index (χ3n) is 4.86. The molecule has 0 N–H and O–H groups in total. The molecule has 8 heteroatoms. The van der Waals surface area contributed by atoms with E-state index in [1.54, 1.807) is 12.1 Å². The van der Waals surface area contributed by atoms with Crippen molar-refractivity contribution < 1.29 is 13.9 Å². The van der Waals surface area contributed by atoms with Gasteiger partial charge in [-0.25, -0.2) is 4.39 Å². The zero-order valence-corrected chi connectivity index (χ0v) is 13.8. The molecule has 0 radical (unpaired) electrons. The number of ether oxygens (including phenoxy) is 1. The standard InChI is InChI=1S/C17H20FN5O2/c18-13-5-3-4-12(10-13)17-19-21-23(20-17)11-16(24)22-8-9-25-15-7-2-1-6-14(15)22/h3-5,10,14-15H,1-2,6-9,11H2/t14-,15+/m0/s1. The number of amides is 1. The fourth-order valence-corrected chi connectivity index (χ4v) is 3.67. The van der Waals surface area contributed by atoms with Crippen LogP contribution in [0.1, 0.15) is 25.7 Å². The minimum Gasteiger partial charge on any atom is -0.374 e. The van der Waals surface area contributed by atoms with Gasteiger partial charge in [0.15, 0.2) is 0 Å². The number of hydrogen-bond acceptors (Lipinski definition) is 5. The molecule has 7 nitrogen and oxygen atoms in total. The van der Waals surface area contributed by atoms with E-state index in [9.17, 15) is 9.18 Å². The lowest BCUT2D eigenvalue weighted by Crippen LogP contribution is -2.55. The van der Waals surface area contributed by atoms with Crippen LogP contribution in [0.2, 0.25) is 0 Å². The fraction of sp³-hybridized carbons (Fsp3) is 0.529. The van der Waals surface area contributed by atoms with Gasteiger partial charge in [-0.15, -0.1) is 10.2 Å². The summed E-state index contributed by atoms with van der Waals surface area (Å²) in [6.07, 6.45) is 4.43. The third-order valence-corrected chi connectivity index (χ3v) is 4.86. The zero-order valence-electron chi connectivity index (χ0n) is 13.8. The molecule has 0 spiro atoms. The first-order chi connectivity index (χ1) is 12.2. The van der Waals surface area contributed by atoms with Crippen LogP contribution in [0, 0.1) is 5.82 Å². The van der Waals surface area contributed by atoms with Crippen LogP contribution in [-0.2, 0) is 16.1 Å². The Balaban J connectivity index is 1.46. The second-order valence-corrected chi connectivity index (χ2v) is 6.50. The van der Waals surface area contributed by atoms with Crippen molar-refractivity contribution >= 4 is 5.91 Å². The quantitative estimate of drug-likeness (QED) is 0.846. The van der Waals surface area contributed by atoms with Gasteiger partial charge in [0.25, 0.3) is 0 Å². The van der Waals surface area contributed by atoms with Crippen LogP contribution in [0.5, 0.6) is 0 Å². The lowest BCUT2D eigenvalue weighted by Gasteiger charge is -2.43. The summed E-state index contributed by atoms with van der Waals surface area (Å²) in [5.74, 6) is -0.0743. The predicted octanol–water partition coefficient (Wildman–Crippen LogP) is 1.65. The monoisotopic (exact) mass is 345 g/mol. The first-order valence-electron chi connectivity index (χ1n) is 8.65. The number of benzene rings is 1. The molecule has 1 aliphatic carbocycles. The summed E-state index contributed by atoms with van der Waals surface area (Å²) in [5, 5.41) is 12.1. The van der Waals surface area contributed by atoms with Gasteiger partial charge < -0.3 is 9.64 Å². The third kappa shape index (κ3) is 3.39. The summed E-state index contributed by atoms with van der Waals surface area (Å²) in [6.45, 7) is 1.21. The van der Waals surface area contributed by atoms with Gasteiger partial charge in [0.2, 0.25) is 11.7 Å². The minimum absolute atomic E-state index is 0.0246. The van der Waals surface area contributed by atoms with Crippen molar-refractivity contribution in [2.45, 2.75) is 44.4 Å². The average molecular weight is 345 g/mol. The van der Waals surface area contributed by atoms with Crippen molar-refractivity contribution in [3.8, 4) is 11.4 Å². The summed E-state index contributed by atoms with van der Waals surface area (Å²) in [5.41, 5.74) is 0.539. The first kappa shape index (κ1) is 16.1. The molecule has 1 aliphatic heterocycles. The Morgan fingerprint density at radius 2 is 2.20 bits per heavy atom. The average Bonchev–Trinajstić information content (AvgIpc) is 3.10. The van der Waals surface area contributed by atoms with Gasteiger partial charge in [0.1, 0.15) is 12.4 Å². The molecular weight excluding hydrogens is 325 g/mol. The van der Waals surface area contributed by atoms with Gasteiger partial charge >= 0.3 is 0 Å². The van der Waals surface area contributed by atoms with E-state index >= 15 is 0 Å². The maximum absolute atomic E-state index is 13.3. The molecule has 4 rings (SSSR count). The Morgan fingerprint density at radius 1 is 1.32 bits per heavy atom. The molecule has 132 valence electrons. The number of aromatic nitrogens is 4. The molecule has 2 aliphatic rings. The second-order valence-electron chi connectivity index (χ2n) is 6.50.